The Labute approximate surface area is 176 Å². The second-order valence-electron chi connectivity index (χ2n) is 7.78. The zero-order chi connectivity index (χ0) is 19.6. The van der Waals surface area contributed by atoms with Gasteiger partial charge in [0, 0.05) is 55.6 Å². The van der Waals surface area contributed by atoms with Crippen molar-refractivity contribution in [3.63, 3.8) is 0 Å². The molecule has 0 spiro atoms. The Morgan fingerprint density at radius 1 is 0.828 bits per heavy atom. The summed E-state index contributed by atoms with van der Waals surface area (Å²) in [6.07, 6.45) is 8.35. The van der Waals surface area contributed by atoms with Gasteiger partial charge in [0.25, 0.3) is 0 Å². The third-order valence-electron chi connectivity index (χ3n) is 5.99. The van der Waals surface area contributed by atoms with Crippen molar-refractivity contribution < 1.29 is 0 Å². The van der Waals surface area contributed by atoms with E-state index in [4.69, 9.17) is 12.2 Å². The highest BCUT2D eigenvalue weighted by Gasteiger charge is 2.24. The van der Waals surface area contributed by atoms with Gasteiger partial charge in [-0.05, 0) is 56.1 Å². The number of imidazole rings is 1. The smallest absolute Gasteiger partial charge is 0.225 e. The molecule has 1 aliphatic carbocycles. The summed E-state index contributed by atoms with van der Waals surface area (Å²) in [6.45, 7) is 4.74. The van der Waals surface area contributed by atoms with Gasteiger partial charge in [-0.15, -0.1) is 0 Å². The molecule has 1 saturated heterocycles. The summed E-state index contributed by atoms with van der Waals surface area (Å²) in [5.41, 5.74) is 4.02. The van der Waals surface area contributed by atoms with Gasteiger partial charge in [0.2, 0.25) is 5.95 Å². The first-order valence-electron chi connectivity index (χ1n) is 10.4. The van der Waals surface area contributed by atoms with E-state index in [1.807, 2.05) is 18.5 Å². The van der Waals surface area contributed by atoms with E-state index >= 15 is 0 Å². The van der Waals surface area contributed by atoms with Crippen molar-refractivity contribution in [2.45, 2.75) is 32.4 Å². The fourth-order valence-corrected chi connectivity index (χ4v) is 4.87. The van der Waals surface area contributed by atoms with Crippen molar-refractivity contribution in [1.82, 2.24) is 24.0 Å². The number of hydrogen-bond donors (Lipinski definition) is 0. The highest BCUT2D eigenvalue weighted by Crippen LogP contribution is 2.27. The molecule has 0 bridgehead atoms. The molecule has 7 heteroatoms. The molecule has 3 aromatic rings. The standard InChI is InChI=1S/C22H26N6S/c29-22-27(17-25-13-15-26(16-14-25)21-23-11-6-12-24-21)19-9-4-5-10-20(19)28(22)18-7-2-1-3-8-18/h1-3,6-8,11-12H,4-5,9-10,13-17H2. The highest BCUT2D eigenvalue weighted by molar-refractivity contribution is 7.71. The molecule has 1 aromatic carbocycles. The molecule has 5 rings (SSSR count). The van der Waals surface area contributed by atoms with Crippen LogP contribution in [0.15, 0.2) is 48.8 Å². The van der Waals surface area contributed by atoms with E-state index < -0.39 is 0 Å². The van der Waals surface area contributed by atoms with Crippen molar-refractivity contribution in [3.8, 4) is 5.69 Å². The fraction of sp³-hybridized carbons (Fsp3) is 0.409. The number of para-hydroxylation sites is 1. The SMILES string of the molecule is S=c1n(CN2CCN(c3ncccn3)CC2)c2c(n1-c1ccccc1)CCCC2. The Morgan fingerprint density at radius 3 is 2.24 bits per heavy atom. The van der Waals surface area contributed by atoms with Crippen molar-refractivity contribution >= 4 is 18.2 Å². The van der Waals surface area contributed by atoms with E-state index in [1.165, 1.54) is 29.9 Å². The number of aromatic nitrogens is 4. The van der Waals surface area contributed by atoms with Crippen LogP contribution in [0.25, 0.3) is 5.69 Å². The molecule has 1 fully saturated rings. The number of nitrogens with zero attached hydrogens (tertiary/aromatic N) is 6. The molecule has 0 unspecified atom stereocenters. The van der Waals surface area contributed by atoms with E-state index in [9.17, 15) is 0 Å². The second-order valence-corrected chi connectivity index (χ2v) is 8.14. The molecule has 0 radical (unpaired) electrons. The van der Waals surface area contributed by atoms with Crippen LogP contribution in [-0.4, -0.2) is 50.2 Å². The molecular weight excluding hydrogens is 380 g/mol. The molecule has 2 aromatic heterocycles. The monoisotopic (exact) mass is 406 g/mol. The van der Waals surface area contributed by atoms with Gasteiger partial charge in [-0.1, -0.05) is 18.2 Å². The predicted molar refractivity (Wildman–Crippen MR) is 117 cm³/mol. The number of rotatable bonds is 4. The average molecular weight is 407 g/mol. The molecule has 150 valence electrons. The molecule has 0 N–H and O–H groups in total. The minimum Gasteiger partial charge on any atom is -0.338 e. The van der Waals surface area contributed by atoms with Crippen LogP contribution in [0.2, 0.25) is 0 Å². The van der Waals surface area contributed by atoms with E-state index in [2.05, 4.69) is 59.2 Å². The Morgan fingerprint density at radius 2 is 1.52 bits per heavy atom. The van der Waals surface area contributed by atoms with Crippen molar-refractivity contribution in [1.29, 1.82) is 0 Å². The Bertz CT molecular complexity index is 1020. The molecule has 1 aliphatic heterocycles. The number of hydrogen-bond acceptors (Lipinski definition) is 5. The first kappa shape index (κ1) is 18.5. The molecule has 0 saturated carbocycles. The van der Waals surface area contributed by atoms with Gasteiger partial charge in [-0.2, -0.15) is 0 Å². The van der Waals surface area contributed by atoms with Crippen LogP contribution in [0.1, 0.15) is 24.2 Å². The first-order chi connectivity index (χ1) is 14.3. The van der Waals surface area contributed by atoms with Crippen LogP contribution in [-0.2, 0) is 19.5 Å². The molecule has 2 aliphatic rings. The van der Waals surface area contributed by atoms with Gasteiger partial charge in [-0.3, -0.25) is 9.47 Å². The highest BCUT2D eigenvalue weighted by atomic mass is 32.1. The van der Waals surface area contributed by atoms with Gasteiger partial charge in [0.1, 0.15) is 0 Å². The maximum atomic E-state index is 5.98. The predicted octanol–water partition coefficient (Wildman–Crippen LogP) is 3.46. The zero-order valence-corrected chi connectivity index (χ0v) is 17.4. The molecule has 0 amide bonds. The van der Waals surface area contributed by atoms with Gasteiger partial charge < -0.3 is 9.47 Å². The lowest BCUT2D eigenvalue weighted by atomic mass is 10.0. The second kappa shape index (κ2) is 8.08. The van der Waals surface area contributed by atoms with Crippen molar-refractivity contribution in [3.05, 3.63) is 65.0 Å². The largest absolute Gasteiger partial charge is 0.338 e. The Hall–Kier alpha value is -2.51. The summed E-state index contributed by atoms with van der Waals surface area (Å²) in [5, 5.41) is 0. The summed E-state index contributed by atoms with van der Waals surface area (Å²) >= 11 is 5.98. The van der Waals surface area contributed by atoms with Crippen LogP contribution >= 0.6 is 12.2 Å². The van der Waals surface area contributed by atoms with Gasteiger partial charge in [0.05, 0.1) is 6.67 Å². The summed E-state index contributed by atoms with van der Waals surface area (Å²) in [4.78, 5) is 13.5. The summed E-state index contributed by atoms with van der Waals surface area (Å²) in [6, 6.07) is 12.4. The zero-order valence-electron chi connectivity index (χ0n) is 16.6. The molecule has 29 heavy (non-hydrogen) atoms. The molecule has 6 nitrogen and oxygen atoms in total. The van der Waals surface area contributed by atoms with Crippen LogP contribution in [0.3, 0.4) is 0 Å². The number of benzene rings is 1. The van der Waals surface area contributed by atoms with Crippen LogP contribution in [0.4, 0.5) is 5.95 Å². The topological polar surface area (TPSA) is 42.1 Å². The van der Waals surface area contributed by atoms with E-state index in [1.54, 1.807) is 0 Å². The van der Waals surface area contributed by atoms with E-state index in [0.29, 0.717) is 0 Å². The normalized spacial score (nSPS) is 17.3. The third-order valence-corrected chi connectivity index (χ3v) is 6.39. The quantitative estimate of drug-likeness (QED) is 0.621. The third kappa shape index (κ3) is 3.60. The summed E-state index contributed by atoms with van der Waals surface area (Å²) in [5.74, 6) is 0.830. The lowest BCUT2D eigenvalue weighted by Gasteiger charge is -2.35. The number of anilines is 1. The number of piperazine rings is 1. The molecule has 3 heterocycles. The Balaban J connectivity index is 1.38. The van der Waals surface area contributed by atoms with Gasteiger partial charge in [-0.25, -0.2) is 9.97 Å². The van der Waals surface area contributed by atoms with Gasteiger partial charge in [0.15, 0.2) is 4.77 Å². The fourth-order valence-electron chi connectivity index (χ4n) is 4.49. The number of fused-ring (bicyclic) bond motifs is 1. The van der Waals surface area contributed by atoms with Gasteiger partial charge >= 0.3 is 0 Å². The molecular formula is C22H26N6S. The lowest BCUT2D eigenvalue weighted by Crippen LogP contribution is -2.47. The van der Waals surface area contributed by atoms with E-state index in [-0.39, 0.29) is 0 Å². The van der Waals surface area contributed by atoms with Crippen molar-refractivity contribution in [2.75, 3.05) is 31.1 Å². The van der Waals surface area contributed by atoms with E-state index in [0.717, 1.165) is 56.4 Å². The minimum atomic E-state index is 0.830. The maximum Gasteiger partial charge on any atom is 0.225 e. The Kier molecular flexibility index (Phi) is 5.16. The van der Waals surface area contributed by atoms with Crippen LogP contribution < -0.4 is 4.90 Å². The lowest BCUT2D eigenvalue weighted by molar-refractivity contribution is 0.201. The average Bonchev–Trinajstić information content (AvgIpc) is 3.07. The molecule has 0 atom stereocenters. The summed E-state index contributed by atoms with van der Waals surface area (Å²) < 4.78 is 5.61. The minimum absolute atomic E-state index is 0.830. The summed E-state index contributed by atoms with van der Waals surface area (Å²) in [7, 11) is 0. The maximum absolute atomic E-state index is 5.98. The van der Waals surface area contributed by atoms with Crippen LogP contribution in [0.5, 0.6) is 0 Å². The van der Waals surface area contributed by atoms with Crippen molar-refractivity contribution in [2.24, 2.45) is 0 Å². The van der Waals surface area contributed by atoms with Crippen LogP contribution in [0, 0.1) is 4.77 Å². The first-order valence-corrected chi connectivity index (χ1v) is 10.8.